The van der Waals surface area contributed by atoms with Crippen LogP contribution in [0.25, 0.3) is 0 Å². The van der Waals surface area contributed by atoms with Crippen LogP contribution in [-0.4, -0.2) is 23.6 Å². The molecule has 0 spiro atoms. The van der Waals surface area contributed by atoms with Crippen LogP contribution in [0.3, 0.4) is 0 Å². The molecule has 3 N–H and O–H groups in total. The van der Waals surface area contributed by atoms with E-state index < -0.39 is 0 Å². The molecule has 1 saturated carbocycles. The van der Waals surface area contributed by atoms with E-state index in [1.165, 1.54) is 19.3 Å². The molecule has 1 aliphatic rings. The summed E-state index contributed by atoms with van der Waals surface area (Å²) in [6, 6.07) is 7.52. The highest BCUT2D eigenvalue weighted by Gasteiger charge is 2.15. The van der Waals surface area contributed by atoms with Crippen LogP contribution in [0.2, 0.25) is 0 Å². The molecule has 0 heterocycles. The predicted octanol–water partition coefficient (Wildman–Crippen LogP) is 1.93. The number of carbonyl (C=O) groups is 1. The predicted molar refractivity (Wildman–Crippen MR) is 74.8 cm³/mol. The van der Waals surface area contributed by atoms with Crippen molar-refractivity contribution in [3.05, 3.63) is 29.8 Å². The zero-order valence-corrected chi connectivity index (χ0v) is 11.2. The first-order valence-electron chi connectivity index (χ1n) is 7.02. The van der Waals surface area contributed by atoms with E-state index in [0.29, 0.717) is 19.1 Å². The standard InChI is InChI=1S/C15H22N2O2/c18-14-9-5-4-6-12(14)10-16-11-15(19)17-13-7-2-1-3-8-13/h4-6,9,13,16,18H,1-3,7-8,10-11H2,(H,17,19). The summed E-state index contributed by atoms with van der Waals surface area (Å²) in [6.45, 7) is 0.801. The first kappa shape index (κ1) is 13.9. The van der Waals surface area contributed by atoms with Crippen molar-refractivity contribution in [2.75, 3.05) is 6.54 Å². The molecular formula is C15H22N2O2. The van der Waals surface area contributed by atoms with Gasteiger partial charge in [-0.3, -0.25) is 4.79 Å². The van der Waals surface area contributed by atoms with Crippen molar-refractivity contribution in [3.8, 4) is 5.75 Å². The van der Waals surface area contributed by atoms with E-state index in [1.54, 1.807) is 12.1 Å². The van der Waals surface area contributed by atoms with Gasteiger partial charge in [0.15, 0.2) is 0 Å². The molecule has 0 unspecified atom stereocenters. The van der Waals surface area contributed by atoms with Gasteiger partial charge < -0.3 is 15.7 Å². The van der Waals surface area contributed by atoms with E-state index in [0.717, 1.165) is 18.4 Å². The Labute approximate surface area is 114 Å². The third kappa shape index (κ3) is 4.56. The van der Waals surface area contributed by atoms with Gasteiger partial charge in [0.1, 0.15) is 5.75 Å². The Morgan fingerprint density at radius 1 is 1.21 bits per heavy atom. The molecule has 0 bridgehead atoms. The van der Waals surface area contributed by atoms with Gasteiger partial charge in [-0.2, -0.15) is 0 Å². The van der Waals surface area contributed by atoms with Crippen LogP contribution in [0.5, 0.6) is 5.75 Å². The van der Waals surface area contributed by atoms with Crippen molar-refractivity contribution in [1.29, 1.82) is 0 Å². The van der Waals surface area contributed by atoms with Gasteiger partial charge in [0.25, 0.3) is 0 Å². The number of hydrogen-bond acceptors (Lipinski definition) is 3. The van der Waals surface area contributed by atoms with Crippen LogP contribution in [0.15, 0.2) is 24.3 Å². The summed E-state index contributed by atoms with van der Waals surface area (Å²) in [5, 5.41) is 15.7. The number of rotatable bonds is 5. The molecule has 0 atom stereocenters. The van der Waals surface area contributed by atoms with Crippen LogP contribution in [-0.2, 0) is 11.3 Å². The van der Waals surface area contributed by atoms with Gasteiger partial charge >= 0.3 is 0 Å². The Morgan fingerprint density at radius 2 is 1.95 bits per heavy atom. The molecule has 1 aliphatic carbocycles. The second kappa shape index (κ2) is 7.14. The minimum absolute atomic E-state index is 0.0438. The topological polar surface area (TPSA) is 61.4 Å². The maximum atomic E-state index is 11.8. The molecule has 0 aromatic heterocycles. The Hall–Kier alpha value is -1.55. The van der Waals surface area contributed by atoms with E-state index in [4.69, 9.17) is 0 Å². The fraction of sp³-hybridized carbons (Fsp3) is 0.533. The Kier molecular flexibility index (Phi) is 5.21. The molecule has 4 nitrogen and oxygen atoms in total. The normalized spacial score (nSPS) is 16.2. The van der Waals surface area contributed by atoms with Gasteiger partial charge in [0.2, 0.25) is 5.91 Å². The number of para-hydroxylation sites is 1. The summed E-state index contributed by atoms with van der Waals surface area (Å²) >= 11 is 0. The lowest BCUT2D eigenvalue weighted by atomic mass is 9.95. The fourth-order valence-electron chi connectivity index (χ4n) is 2.50. The average molecular weight is 262 g/mol. The van der Waals surface area contributed by atoms with Crippen LogP contribution >= 0.6 is 0 Å². The van der Waals surface area contributed by atoms with Crippen molar-refractivity contribution in [2.24, 2.45) is 0 Å². The second-order valence-electron chi connectivity index (χ2n) is 5.13. The smallest absolute Gasteiger partial charge is 0.234 e. The Balaban J connectivity index is 1.67. The molecule has 1 amide bonds. The van der Waals surface area contributed by atoms with Crippen LogP contribution in [0.4, 0.5) is 0 Å². The minimum Gasteiger partial charge on any atom is -0.508 e. The first-order valence-corrected chi connectivity index (χ1v) is 7.02. The third-order valence-corrected chi connectivity index (χ3v) is 3.56. The first-order chi connectivity index (χ1) is 9.25. The van der Waals surface area contributed by atoms with Crippen molar-refractivity contribution >= 4 is 5.91 Å². The molecule has 4 heteroatoms. The zero-order valence-electron chi connectivity index (χ0n) is 11.2. The number of aromatic hydroxyl groups is 1. The highest BCUT2D eigenvalue weighted by Crippen LogP contribution is 2.17. The van der Waals surface area contributed by atoms with Gasteiger partial charge in [-0.05, 0) is 18.9 Å². The number of hydrogen-bond donors (Lipinski definition) is 3. The van der Waals surface area contributed by atoms with E-state index in [9.17, 15) is 9.90 Å². The minimum atomic E-state index is 0.0438. The lowest BCUT2D eigenvalue weighted by Gasteiger charge is -2.22. The molecule has 1 aromatic rings. The van der Waals surface area contributed by atoms with Gasteiger partial charge in [-0.15, -0.1) is 0 Å². The molecule has 104 valence electrons. The molecule has 1 aromatic carbocycles. The van der Waals surface area contributed by atoms with E-state index in [-0.39, 0.29) is 11.7 Å². The van der Waals surface area contributed by atoms with Crippen molar-refractivity contribution in [3.63, 3.8) is 0 Å². The molecule has 19 heavy (non-hydrogen) atoms. The van der Waals surface area contributed by atoms with Crippen molar-refractivity contribution in [2.45, 2.75) is 44.7 Å². The van der Waals surface area contributed by atoms with Crippen LogP contribution in [0.1, 0.15) is 37.7 Å². The van der Waals surface area contributed by atoms with Gasteiger partial charge in [-0.25, -0.2) is 0 Å². The van der Waals surface area contributed by atoms with Crippen molar-refractivity contribution in [1.82, 2.24) is 10.6 Å². The molecule has 0 saturated heterocycles. The lowest BCUT2D eigenvalue weighted by molar-refractivity contribution is -0.121. The fourth-order valence-corrected chi connectivity index (χ4v) is 2.50. The summed E-state index contributed by atoms with van der Waals surface area (Å²) in [5.41, 5.74) is 0.813. The molecule has 0 aliphatic heterocycles. The van der Waals surface area contributed by atoms with E-state index >= 15 is 0 Å². The number of phenols is 1. The number of phenolic OH excluding ortho intramolecular Hbond substituents is 1. The maximum absolute atomic E-state index is 11.8. The molecular weight excluding hydrogens is 240 g/mol. The summed E-state index contributed by atoms with van der Waals surface area (Å²) in [7, 11) is 0. The third-order valence-electron chi connectivity index (χ3n) is 3.56. The summed E-state index contributed by atoms with van der Waals surface area (Å²) in [4.78, 5) is 11.8. The Bertz CT molecular complexity index is 414. The SMILES string of the molecule is O=C(CNCc1ccccc1O)NC1CCCCC1. The molecule has 1 fully saturated rings. The van der Waals surface area contributed by atoms with Crippen LogP contribution < -0.4 is 10.6 Å². The molecule has 0 radical (unpaired) electrons. The quantitative estimate of drug-likeness (QED) is 0.760. The highest BCUT2D eigenvalue weighted by atomic mass is 16.3. The number of carbonyl (C=O) groups excluding carboxylic acids is 1. The lowest BCUT2D eigenvalue weighted by Crippen LogP contribution is -2.41. The monoisotopic (exact) mass is 262 g/mol. The van der Waals surface area contributed by atoms with Crippen LogP contribution in [0, 0.1) is 0 Å². The molecule has 2 rings (SSSR count). The summed E-state index contributed by atoms with van der Waals surface area (Å²) < 4.78 is 0. The number of amides is 1. The average Bonchev–Trinajstić information content (AvgIpc) is 2.42. The second-order valence-corrected chi connectivity index (χ2v) is 5.13. The highest BCUT2D eigenvalue weighted by molar-refractivity contribution is 5.78. The van der Waals surface area contributed by atoms with Crippen molar-refractivity contribution < 1.29 is 9.90 Å². The zero-order chi connectivity index (χ0) is 13.5. The number of benzene rings is 1. The van der Waals surface area contributed by atoms with Gasteiger partial charge in [0, 0.05) is 18.2 Å². The number of nitrogens with one attached hydrogen (secondary N) is 2. The Morgan fingerprint density at radius 3 is 2.68 bits per heavy atom. The van der Waals surface area contributed by atoms with E-state index in [2.05, 4.69) is 10.6 Å². The summed E-state index contributed by atoms with van der Waals surface area (Å²) in [6.07, 6.45) is 5.93. The van der Waals surface area contributed by atoms with Gasteiger partial charge in [0.05, 0.1) is 6.54 Å². The largest absolute Gasteiger partial charge is 0.508 e. The van der Waals surface area contributed by atoms with E-state index in [1.807, 2.05) is 12.1 Å². The maximum Gasteiger partial charge on any atom is 0.234 e. The van der Waals surface area contributed by atoms with Gasteiger partial charge in [-0.1, -0.05) is 37.5 Å². The summed E-state index contributed by atoms with van der Waals surface area (Å²) in [5.74, 6) is 0.310.